The maximum absolute atomic E-state index is 12.3. The van der Waals surface area contributed by atoms with Gasteiger partial charge in [-0.3, -0.25) is 9.78 Å². The zero-order chi connectivity index (χ0) is 19.2. The fourth-order valence-electron chi connectivity index (χ4n) is 4.21. The number of carbonyl (C=O) groups is 1. The summed E-state index contributed by atoms with van der Waals surface area (Å²) in [5.41, 5.74) is 2.36. The zero-order valence-corrected chi connectivity index (χ0v) is 16.4. The molecule has 1 fully saturated rings. The van der Waals surface area contributed by atoms with Gasteiger partial charge in [0.05, 0.1) is 5.60 Å². The van der Waals surface area contributed by atoms with Crippen molar-refractivity contribution in [2.75, 3.05) is 13.2 Å². The molecule has 0 aliphatic carbocycles. The largest absolute Gasteiger partial charge is 0.376 e. The predicted octanol–water partition coefficient (Wildman–Crippen LogP) is 4.05. The smallest absolute Gasteiger partial charge is 0.220 e. The van der Waals surface area contributed by atoms with E-state index in [4.69, 9.17) is 4.74 Å². The Bertz CT molecular complexity index is 731. The van der Waals surface area contributed by atoms with Crippen LogP contribution in [0.4, 0.5) is 0 Å². The quantitative estimate of drug-likeness (QED) is 0.804. The Morgan fingerprint density at radius 3 is 2.70 bits per heavy atom. The molecule has 2 aromatic rings. The number of benzene rings is 1. The lowest BCUT2D eigenvalue weighted by molar-refractivity contribution is -0.121. The number of rotatable bonds is 7. The van der Waals surface area contributed by atoms with Crippen LogP contribution in [0.15, 0.2) is 54.9 Å². The fourth-order valence-corrected chi connectivity index (χ4v) is 4.21. The summed E-state index contributed by atoms with van der Waals surface area (Å²) >= 11 is 0. The van der Waals surface area contributed by atoms with Gasteiger partial charge >= 0.3 is 0 Å². The average Bonchev–Trinajstić information content (AvgIpc) is 2.67. The Kier molecular flexibility index (Phi) is 6.27. The second-order valence-electron chi connectivity index (χ2n) is 8.14. The first-order valence-corrected chi connectivity index (χ1v) is 9.84. The summed E-state index contributed by atoms with van der Waals surface area (Å²) in [6, 6.07) is 14.6. The number of pyridine rings is 1. The SMILES string of the molecule is CC1(C)C[C@](CCNC(=O)CCc2cccnc2)(c2ccccc2)CCO1. The molecule has 1 N–H and O–H groups in total. The van der Waals surface area contributed by atoms with Crippen LogP contribution in [0.5, 0.6) is 0 Å². The molecule has 1 aliphatic heterocycles. The summed E-state index contributed by atoms with van der Waals surface area (Å²) in [6.07, 6.45) is 7.69. The normalized spacial score (nSPS) is 21.6. The van der Waals surface area contributed by atoms with Crippen molar-refractivity contribution in [2.24, 2.45) is 0 Å². The monoisotopic (exact) mass is 366 g/mol. The van der Waals surface area contributed by atoms with Gasteiger partial charge in [-0.2, -0.15) is 0 Å². The first kappa shape index (κ1) is 19.6. The number of aryl methyl sites for hydroxylation is 1. The molecule has 1 aliphatic rings. The van der Waals surface area contributed by atoms with Crippen LogP contribution < -0.4 is 5.32 Å². The molecule has 0 radical (unpaired) electrons. The van der Waals surface area contributed by atoms with Crippen molar-refractivity contribution in [3.8, 4) is 0 Å². The van der Waals surface area contributed by atoms with Crippen LogP contribution in [0.25, 0.3) is 0 Å². The maximum atomic E-state index is 12.3. The third-order valence-corrected chi connectivity index (χ3v) is 5.51. The molecule has 0 spiro atoms. The molecule has 144 valence electrons. The number of carbonyl (C=O) groups excluding carboxylic acids is 1. The van der Waals surface area contributed by atoms with Crippen molar-refractivity contribution in [3.05, 3.63) is 66.0 Å². The fraction of sp³-hybridized carbons (Fsp3) is 0.478. The summed E-state index contributed by atoms with van der Waals surface area (Å²) < 4.78 is 5.96. The van der Waals surface area contributed by atoms with Crippen LogP contribution in [0.1, 0.15) is 50.7 Å². The molecule has 4 nitrogen and oxygen atoms in total. The van der Waals surface area contributed by atoms with Gasteiger partial charge in [0.1, 0.15) is 0 Å². The number of hydrogen-bond donors (Lipinski definition) is 1. The molecule has 3 rings (SSSR count). The first-order chi connectivity index (χ1) is 13.0. The van der Waals surface area contributed by atoms with Gasteiger partial charge in [0.25, 0.3) is 0 Å². The van der Waals surface area contributed by atoms with Crippen LogP contribution in [-0.4, -0.2) is 29.6 Å². The minimum atomic E-state index is -0.140. The number of aromatic nitrogens is 1. The minimum Gasteiger partial charge on any atom is -0.376 e. The zero-order valence-electron chi connectivity index (χ0n) is 16.4. The van der Waals surface area contributed by atoms with Crippen LogP contribution in [0, 0.1) is 0 Å². The third kappa shape index (κ3) is 5.39. The average molecular weight is 367 g/mol. The lowest BCUT2D eigenvalue weighted by Crippen LogP contribution is -2.45. The highest BCUT2D eigenvalue weighted by Crippen LogP contribution is 2.43. The molecule has 0 bridgehead atoms. The molecule has 27 heavy (non-hydrogen) atoms. The number of hydrogen-bond acceptors (Lipinski definition) is 3. The van der Waals surface area contributed by atoms with Gasteiger partial charge in [-0.05, 0) is 56.7 Å². The number of ether oxygens (including phenoxy) is 1. The summed E-state index contributed by atoms with van der Waals surface area (Å²) in [5.74, 6) is 0.105. The standard InChI is InChI=1S/C23H30N2O2/c1-22(2)18-23(13-16-27-22,20-8-4-3-5-9-20)12-15-25-21(26)11-10-19-7-6-14-24-17-19/h3-9,14,17H,10-13,15-16,18H2,1-2H3,(H,25,26)/t23-/m1/s1. The lowest BCUT2D eigenvalue weighted by atomic mass is 9.67. The second kappa shape index (κ2) is 8.66. The van der Waals surface area contributed by atoms with Gasteiger partial charge in [0.2, 0.25) is 5.91 Å². The van der Waals surface area contributed by atoms with E-state index in [1.807, 2.05) is 18.3 Å². The van der Waals surface area contributed by atoms with Crippen molar-refractivity contribution in [2.45, 2.75) is 57.0 Å². The van der Waals surface area contributed by atoms with Gasteiger partial charge in [-0.15, -0.1) is 0 Å². The molecule has 0 saturated carbocycles. The number of nitrogens with zero attached hydrogens (tertiary/aromatic N) is 1. The second-order valence-corrected chi connectivity index (χ2v) is 8.14. The molecule has 2 heterocycles. The van der Waals surface area contributed by atoms with Crippen LogP contribution in [0.3, 0.4) is 0 Å². The minimum absolute atomic E-state index is 0.0552. The third-order valence-electron chi connectivity index (χ3n) is 5.51. The van der Waals surface area contributed by atoms with Gasteiger partial charge in [0, 0.05) is 37.4 Å². The highest BCUT2D eigenvalue weighted by Gasteiger charge is 2.41. The summed E-state index contributed by atoms with van der Waals surface area (Å²) in [4.78, 5) is 16.4. The lowest BCUT2D eigenvalue weighted by Gasteiger charge is -2.45. The van der Waals surface area contributed by atoms with E-state index in [1.165, 1.54) is 5.56 Å². The molecular weight excluding hydrogens is 336 g/mol. The van der Waals surface area contributed by atoms with E-state index >= 15 is 0 Å². The van der Waals surface area contributed by atoms with Crippen molar-refractivity contribution in [1.82, 2.24) is 10.3 Å². The first-order valence-electron chi connectivity index (χ1n) is 9.84. The molecule has 1 aromatic heterocycles. The van der Waals surface area contributed by atoms with Crippen molar-refractivity contribution < 1.29 is 9.53 Å². The molecule has 1 saturated heterocycles. The maximum Gasteiger partial charge on any atom is 0.220 e. The van der Waals surface area contributed by atoms with Crippen molar-refractivity contribution in [1.29, 1.82) is 0 Å². The van der Waals surface area contributed by atoms with Gasteiger partial charge in [-0.1, -0.05) is 36.4 Å². The Hall–Kier alpha value is -2.20. The Morgan fingerprint density at radius 2 is 2.00 bits per heavy atom. The van der Waals surface area contributed by atoms with Gasteiger partial charge in [-0.25, -0.2) is 0 Å². The van der Waals surface area contributed by atoms with Crippen molar-refractivity contribution >= 4 is 5.91 Å². The van der Waals surface area contributed by atoms with Crippen molar-refractivity contribution in [3.63, 3.8) is 0 Å². The highest BCUT2D eigenvalue weighted by atomic mass is 16.5. The van der Waals surface area contributed by atoms with E-state index in [9.17, 15) is 4.79 Å². The molecule has 0 unspecified atom stereocenters. The Labute approximate surface area is 162 Å². The van der Waals surface area contributed by atoms with E-state index in [0.29, 0.717) is 13.0 Å². The van der Waals surface area contributed by atoms with Gasteiger partial charge < -0.3 is 10.1 Å². The van der Waals surface area contributed by atoms with E-state index in [1.54, 1.807) is 6.20 Å². The molecule has 1 atom stereocenters. The Balaban J connectivity index is 1.58. The summed E-state index contributed by atoms with van der Waals surface area (Å²) in [7, 11) is 0. The van der Waals surface area contributed by atoms with E-state index in [2.05, 4.69) is 54.5 Å². The predicted molar refractivity (Wildman–Crippen MR) is 108 cm³/mol. The van der Waals surface area contributed by atoms with Crippen LogP contribution >= 0.6 is 0 Å². The van der Waals surface area contributed by atoms with Gasteiger partial charge in [0.15, 0.2) is 0 Å². The number of nitrogens with one attached hydrogen (secondary N) is 1. The van der Waals surface area contributed by atoms with E-state index < -0.39 is 0 Å². The topological polar surface area (TPSA) is 51.2 Å². The Morgan fingerprint density at radius 1 is 1.19 bits per heavy atom. The molecule has 1 aromatic carbocycles. The van der Waals surface area contributed by atoms with E-state index in [0.717, 1.165) is 37.9 Å². The number of amides is 1. The van der Waals surface area contributed by atoms with Crippen LogP contribution in [0.2, 0.25) is 0 Å². The molecular formula is C23H30N2O2. The summed E-state index contributed by atoms with van der Waals surface area (Å²) in [6.45, 7) is 5.78. The molecule has 1 amide bonds. The summed E-state index contributed by atoms with van der Waals surface area (Å²) in [5, 5.41) is 3.12. The highest BCUT2D eigenvalue weighted by molar-refractivity contribution is 5.76. The molecule has 4 heteroatoms. The van der Waals surface area contributed by atoms with Crippen LogP contribution in [-0.2, 0) is 21.4 Å². The van der Waals surface area contributed by atoms with E-state index in [-0.39, 0.29) is 16.9 Å².